The average molecular weight is 533 g/mol. The molecule has 0 saturated carbocycles. The van der Waals surface area contributed by atoms with Crippen LogP contribution in [-0.2, 0) is 4.79 Å². The SMILES string of the molecule is CCNC(=NCCN1C(=O)CNC1=O)NC(C)c1ccc(OCC)c(OCC)c1.I. The number of carbonyl (C=O) groups excluding carboxylic acids is 2. The quantitative estimate of drug-likeness (QED) is 0.185. The van der Waals surface area contributed by atoms with Crippen LogP contribution in [0.1, 0.15) is 39.3 Å². The van der Waals surface area contributed by atoms with Gasteiger partial charge in [-0.3, -0.25) is 14.7 Å². The summed E-state index contributed by atoms with van der Waals surface area (Å²) in [6.07, 6.45) is 0. The molecule has 0 bridgehead atoms. The maximum Gasteiger partial charge on any atom is 0.324 e. The third-order valence-electron chi connectivity index (χ3n) is 4.30. The molecule has 2 rings (SSSR count). The summed E-state index contributed by atoms with van der Waals surface area (Å²) in [5.74, 6) is 1.81. The number of imide groups is 1. The normalized spacial score (nSPS) is 14.7. The molecule has 1 aliphatic rings. The molecule has 30 heavy (non-hydrogen) atoms. The highest BCUT2D eigenvalue weighted by atomic mass is 127. The van der Waals surface area contributed by atoms with Crippen molar-refractivity contribution in [2.75, 3.05) is 39.4 Å². The molecular formula is C20H32IN5O4. The maximum absolute atomic E-state index is 11.6. The van der Waals surface area contributed by atoms with E-state index < -0.39 is 0 Å². The lowest BCUT2D eigenvalue weighted by Gasteiger charge is -2.20. The second kappa shape index (κ2) is 13.1. The molecule has 1 heterocycles. The van der Waals surface area contributed by atoms with Gasteiger partial charge in [-0.25, -0.2) is 4.79 Å². The molecule has 9 nitrogen and oxygen atoms in total. The highest BCUT2D eigenvalue weighted by Crippen LogP contribution is 2.30. The number of ether oxygens (including phenoxy) is 2. The first-order chi connectivity index (χ1) is 14.0. The average Bonchev–Trinajstić information content (AvgIpc) is 3.01. The number of aliphatic imine (C=N–C) groups is 1. The predicted octanol–water partition coefficient (Wildman–Crippen LogP) is 2.27. The Morgan fingerprint density at radius 1 is 1.20 bits per heavy atom. The maximum atomic E-state index is 11.6. The topological polar surface area (TPSA) is 104 Å². The number of halogens is 1. The fourth-order valence-corrected chi connectivity index (χ4v) is 2.89. The molecule has 168 valence electrons. The van der Waals surface area contributed by atoms with E-state index in [9.17, 15) is 9.59 Å². The summed E-state index contributed by atoms with van der Waals surface area (Å²) in [4.78, 5) is 28.9. The van der Waals surface area contributed by atoms with Crippen LogP contribution < -0.4 is 25.4 Å². The Hall–Kier alpha value is -2.24. The lowest BCUT2D eigenvalue weighted by atomic mass is 10.1. The molecule has 1 fully saturated rings. The monoisotopic (exact) mass is 533 g/mol. The van der Waals surface area contributed by atoms with E-state index in [2.05, 4.69) is 20.9 Å². The minimum Gasteiger partial charge on any atom is -0.490 e. The highest BCUT2D eigenvalue weighted by molar-refractivity contribution is 14.0. The molecule has 1 aromatic rings. The van der Waals surface area contributed by atoms with Gasteiger partial charge in [0, 0.05) is 6.54 Å². The number of benzene rings is 1. The van der Waals surface area contributed by atoms with Crippen LogP contribution in [0.5, 0.6) is 11.5 Å². The third kappa shape index (κ3) is 7.22. The number of nitrogens with one attached hydrogen (secondary N) is 3. The number of rotatable bonds is 10. The molecule has 1 aromatic carbocycles. The molecule has 0 aromatic heterocycles. The smallest absolute Gasteiger partial charge is 0.324 e. The zero-order valence-corrected chi connectivity index (χ0v) is 20.3. The molecule has 1 aliphatic heterocycles. The first kappa shape index (κ1) is 25.8. The molecule has 1 saturated heterocycles. The fourth-order valence-electron chi connectivity index (χ4n) is 2.89. The number of nitrogens with zero attached hydrogens (tertiary/aromatic N) is 2. The Balaban J connectivity index is 0.00000450. The standard InChI is InChI=1S/C20H31N5O4.HI/c1-5-21-19(22-10-11-25-18(26)13-23-20(25)27)24-14(4)15-8-9-16(28-6-2)17(12-15)29-7-3;/h8-9,12,14H,5-7,10-11,13H2,1-4H3,(H,23,27)(H2,21,22,24);1H. The lowest BCUT2D eigenvalue weighted by molar-refractivity contribution is -0.124. The summed E-state index contributed by atoms with van der Waals surface area (Å²) >= 11 is 0. The first-order valence-corrected chi connectivity index (χ1v) is 10.0. The van der Waals surface area contributed by atoms with Crippen LogP contribution in [0.4, 0.5) is 4.79 Å². The Bertz CT molecular complexity index is 728. The molecule has 10 heteroatoms. The fraction of sp³-hybridized carbons (Fsp3) is 0.550. The largest absolute Gasteiger partial charge is 0.490 e. The van der Waals surface area contributed by atoms with Crippen LogP contribution in [0, 0.1) is 0 Å². The van der Waals surface area contributed by atoms with Crippen LogP contribution in [-0.4, -0.2) is 62.2 Å². The van der Waals surface area contributed by atoms with Gasteiger partial charge >= 0.3 is 6.03 Å². The molecule has 1 unspecified atom stereocenters. The van der Waals surface area contributed by atoms with E-state index in [-0.39, 0.29) is 55.0 Å². The molecule has 3 N–H and O–H groups in total. The van der Waals surface area contributed by atoms with Gasteiger partial charge in [0.15, 0.2) is 17.5 Å². The third-order valence-corrected chi connectivity index (χ3v) is 4.30. The van der Waals surface area contributed by atoms with Crippen LogP contribution in [0.2, 0.25) is 0 Å². The van der Waals surface area contributed by atoms with Crippen LogP contribution in [0.3, 0.4) is 0 Å². The van der Waals surface area contributed by atoms with E-state index >= 15 is 0 Å². The lowest BCUT2D eigenvalue weighted by Crippen LogP contribution is -2.40. The predicted molar refractivity (Wildman–Crippen MR) is 127 cm³/mol. The van der Waals surface area contributed by atoms with Gasteiger partial charge in [-0.15, -0.1) is 24.0 Å². The minimum absolute atomic E-state index is 0. The van der Waals surface area contributed by atoms with Gasteiger partial charge in [-0.05, 0) is 45.4 Å². The molecule has 0 aliphatic carbocycles. The summed E-state index contributed by atoms with van der Waals surface area (Å²) < 4.78 is 11.3. The Morgan fingerprint density at radius 3 is 2.50 bits per heavy atom. The van der Waals surface area contributed by atoms with E-state index in [1.807, 2.05) is 45.9 Å². The molecule has 3 amide bonds. The Labute approximate surface area is 195 Å². The van der Waals surface area contributed by atoms with Crippen molar-refractivity contribution in [1.29, 1.82) is 0 Å². The van der Waals surface area contributed by atoms with E-state index in [0.717, 1.165) is 11.3 Å². The van der Waals surface area contributed by atoms with Gasteiger partial charge in [-0.1, -0.05) is 6.07 Å². The highest BCUT2D eigenvalue weighted by Gasteiger charge is 2.27. The van der Waals surface area contributed by atoms with E-state index in [0.29, 0.717) is 38.0 Å². The van der Waals surface area contributed by atoms with Crippen LogP contribution in [0.25, 0.3) is 0 Å². The number of hydrogen-bond acceptors (Lipinski definition) is 5. The number of urea groups is 1. The van der Waals surface area contributed by atoms with Crippen molar-refractivity contribution in [3.8, 4) is 11.5 Å². The van der Waals surface area contributed by atoms with Gasteiger partial charge in [0.25, 0.3) is 0 Å². The van der Waals surface area contributed by atoms with Crippen LogP contribution >= 0.6 is 24.0 Å². The summed E-state index contributed by atoms with van der Waals surface area (Å²) in [6, 6.07) is 5.45. The van der Waals surface area contributed by atoms with Crippen molar-refractivity contribution in [2.45, 2.75) is 33.7 Å². The summed E-state index contributed by atoms with van der Waals surface area (Å²) in [7, 11) is 0. The van der Waals surface area contributed by atoms with E-state index in [1.54, 1.807) is 0 Å². The zero-order valence-electron chi connectivity index (χ0n) is 18.0. The van der Waals surface area contributed by atoms with Crippen molar-refractivity contribution in [3.05, 3.63) is 23.8 Å². The molecular weight excluding hydrogens is 501 g/mol. The van der Waals surface area contributed by atoms with E-state index in [4.69, 9.17) is 9.47 Å². The van der Waals surface area contributed by atoms with Gasteiger partial charge in [-0.2, -0.15) is 0 Å². The zero-order chi connectivity index (χ0) is 21.2. The van der Waals surface area contributed by atoms with Crippen molar-refractivity contribution in [2.24, 2.45) is 4.99 Å². The molecule has 0 radical (unpaired) electrons. The number of hydrogen-bond donors (Lipinski definition) is 3. The van der Waals surface area contributed by atoms with E-state index in [1.165, 1.54) is 4.90 Å². The minimum atomic E-state index is -0.366. The first-order valence-electron chi connectivity index (χ1n) is 10.0. The number of carbonyl (C=O) groups is 2. The van der Waals surface area contributed by atoms with Crippen molar-refractivity contribution >= 4 is 41.9 Å². The second-order valence-electron chi connectivity index (χ2n) is 6.40. The summed E-state index contributed by atoms with van der Waals surface area (Å²) in [6.45, 7) is 10.3. The Kier molecular flexibility index (Phi) is 11.3. The van der Waals surface area contributed by atoms with Gasteiger partial charge in [0.05, 0.1) is 38.9 Å². The molecule has 1 atom stereocenters. The van der Waals surface area contributed by atoms with Gasteiger partial charge in [0.1, 0.15) is 0 Å². The number of guanidine groups is 1. The van der Waals surface area contributed by atoms with Crippen molar-refractivity contribution < 1.29 is 19.1 Å². The number of amides is 3. The van der Waals surface area contributed by atoms with Gasteiger partial charge in [0.2, 0.25) is 5.91 Å². The van der Waals surface area contributed by atoms with Crippen LogP contribution in [0.15, 0.2) is 23.2 Å². The van der Waals surface area contributed by atoms with Gasteiger partial charge < -0.3 is 25.4 Å². The van der Waals surface area contributed by atoms with Crippen molar-refractivity contribution in [1.82, 2.24) is 20.9 Å². The summed E-state index contributed by atoms with van der Waals surface area (Å²) in [5.41, 5.74) is 1.02. The Morgan fingerprint density at radius 2 is 1.90 bits per heavy atom. The van der Waals surface area contributed by atoms with Crippen molar-refractivity contribution in [3.63, 3.8) is 0 Å². The molecule has 0 spiro atoms. The summed E-state index contributed by atoms with van der Waals surface area (Å²) in [5, 5.41) is 9.02. The second-order valence-corrected chi connectivity index (χ2v) is 6.40.